The van der Waals surface area contributed by atoms with Crippen LogP contribution in [0, 0.1) is 0 Å². The molecule has 0 saturated carbocycles. The Morgan fingerprint density at radius 1 is 1.46 bits per heavy atom. The zero-order valence-corrected chi connectivity index (χ0v) is 7.79. The summed E-state index contributed by atoms with van der Waals surface area (Å²) in [6.07, 6.45) is 1.21. The Hall–Kier alpha value is -0.940. The molecule has 13 heavy (non-hydrogen) atoms. The number of likely N-dealkylation sites (N-methyl/N-ethyl adjacent to an activating group) is 1. The van der Waals surface area contributed by atoms with Gasteiger partial charge in [0.15, 0.2) is 5.82 Å². The molecule has 0 saturated heterocycles. The molecule has 0 aromatic carbocycles. The molecule has 0 aliphatic rings. The van der Waals surface area contributed by atoms with Gasteiger partial charge in [0.2, 0.25) is 5.89 Å². The lowest BCUT2D eigenvalue weighted by atomic mass is 10.4. The van der Waals surface area contributed by atoms with Crippen molar-refractivity contribution in [3.05, 3.63) is 11.7 Å². The highest BCUT2D eigenvalue weighted by Crippen LogP contribution is 1.97. The van der Waals surface area contributed by atoms with Gasteiger partial charge < -0.3 is 14.9 Å². The minimum Gasteiger partial charge on any atom is -0.396 e. The molecule has 1 aromatic heterocycles. The summed E-state index contributed by atoms with van der Waals surface area (Å²) in [6, 6.07) is 0. The van der Waals surface area contributed by atoms with Crippen molar-refractivity contribution in [2.24, 2.45) is 0 Å². The van der Waals surface area contributed by atoms with Crippen LogP contribution in [-0.4, -0.2) is 34.9 Å². The number of nitrogens with zero attached hydrogens (tertiary/aromatic N) is 2. The predicted molar refractivity (Wildman–Crippen MR) is 47.3 cm³/mol. The molecule has 0 unspecified atom stereocenters. The predicted octanol–water partition coefficient (Wildman–Crippen LogP) is -0.244. The fourth-order valence-electron chi connectivity index (χ4n) is 0.965. The highest BCUT2D eigenvalue weighted by molar-refractivity contribution is 4.86. The summed E-state index contributed by atoms with van der Waals surface area (Å²) in [7, 11) is 0. The summed E-state index contributed by atoms with van der Waals surface area (Å²) in [5.41, 5.74) is 0. The highest BCUT2D eigenvalue weighted by atomic mass is 16.5. The topological polar surface area (TPSA) is 71.2 Å². The molecule has 0 bridgehead atoms. The van der Waals surface area contributed by atoms with Gasteiger partial charge in [0.25, 0.3) is 0 Å². The van der Waals surface area contributed by atoms with E-state index in [1.54, 1.807) is 0 Å². The van der Waals surface area contributed by atoms with E-state index in [0.29, 0.717) is 18.1 Å². The van der Waals surface area contributed by atoms with Crippen LogP contribution in [-0.2, 0) is 12.8 Å². The standard InChI is InChI=1S/C8H15N3O2/c1-2-9-5-3-8-10-7(4-6-12)11-13-8/h9,12H,2-6H2,1H3. The third-order valence-corrected chi connectivity index (χ3v) is 1.61. The second kappa shape index (κ2) is 5.66. The Morgan fingerprint density at radius 3 is 3.00 bits per heavy atom. The first-order valence-electron chi connectivity index (χ1n) is 4.50. The van der Waals surface area contributed by atoms with Crippen molar-refractivity contribution in [1.82, 2.24) is 15.5 Å². The average Bonchev–Trinajstić information content (AvgIpc) is 2.54. The smallest absolute Gasteiger partial charge is 0.227 e. The maximum absolute atomic E-state index is 8.61. The van der Waals surface area contributed by atoms with Crippen molar-refractivity contribution in [3.63, 3.8) is 0 Å². The summed E-state index contributed by atoms with van der Waals surface area (Å²) in [6.45, 7) is 3.89. The number of nitrogens with one attached hydrogen (secondary N) is 1. The number of aliphatic hydroxyl groups excluding tert-OH is 1. The molecule has 0 aliphatic heterocycles. The first kappa shape index (κ1) is 10.1. The average molecular weight is 185 g/mol. The van der Waals surface area contributed by atoms with E-state index in [0.717, 1.165) is 19.5 Å². The first-order valence-corrected chi connectivity index (χ1v) is 4.50. The number of hydrogen-bond donors (Lipinski definition) is 2. The van der Waals surface area contributed by atoms with Crippen LogP contribution >= 0.6 is 0 Å². The van der Waals surface area contributed by atoms with E-state index >= 15 is 0 Å². The molecular formula is C8H15N3O2. The third-order valence-electron chi connectivity index (χ3n) is 1.61. The van der Waals surface area contributed by atoms with Gasteiger partial charge >= 0.3 is 0 Å². The van der Waals surface area contributed by atoms with E-state index in [-0.39, 0.29) is 6.61 Å². The number of rotatable bonds is 6. The molecule has 0 amide bonds. The van der Waals surface area contributed by atoms with Crippen molar-refractivity contribution in [3.8, 4) is 0 Å². The van der Waals surface area contributed by atoms with Crippen LogP contribution in [0.15, 0.2) is 4.52 Å². The van der Waals surface area contributed by atoms with Crippen molar-refractivity contribution in [2.45, 2.75) is 19.8 Å². The van der Waals surface area contributed by atoms with Crippen LogP contribution in [0.5, 0.6) is 0 Å². The molecule has 0 spiro atoms. The van der Waals surface area contributed by atoms with Gasteiger partial charge in [0.1, 0.15) is 0 Å². The van der Waals surface area contributed by atoms with Crippen molar-refractivity contribution in [2.75, 3.05) is 19.7 Å². The molecule has 74 valence electrons. The van der Waals surface area contributed by atoms with E-state index in [4.69, 9.17) is 9.63 Å². The molecular weight excluding hydrogens is 170 g/mol. The summed E-state index contributed by atoms with van der Waals surface area (Å²) < 4.78 is 4.95. The molecule has 0 fully saturated rings. The molecule has 5 heteroatoms. The normalized spacial score (nSPS) is 10.6. The third kappa shape index (κ3) is 3.52. The van der Waals surface area contributed by atoms with Gasteiger partial charge in [-0.25, -0.2) is 0 Å². The molecule has 0 atom stereocenters. The maximum atomic E-state index is 8.61. The largest absolute Gasteiger partial charge is 0.396 e. The second-order valence-corrected chi connectivity index (χ2v) is 2.68. The van der Waals surface area contributed by atoms with Gasteiger partial charge in [-0.05, 0) is 6.54 Å². The van der Waals surface area contributed by atoms with Crippen molar-refractivity contribution < 1.29 is 9.63 Å². The Bertz CT molecular complexity index is 237. The Balaban J connectivity index is 2.31. The monoisotopic (exact) mass is 185 g/mol. The fraction of sp³-hybridized carbons (Fsp3) is 0.750. The maximum Gasteiger partial charge on any atom is 0.227 e. The summed E-state index contributed by atoms with van der Waals surface area (Å²) in [5.74, 6) is 1.21. The molecule has 1 aromatic rings. The lowest BCUT2D eigenvalue weighted by Crippen LogP contribution is -2.16. The van der Waals surface area contributed by atoms with Gasteiger partial charge in [-0.3, -0.25) is 0 Å². The Morgan fingerprint density at radius 2 is 2.31 bits per heavy atom. The molecule has 2 N–H and O–H groups in total. The van der Waals surface area contributed by atoms with E-state index in [9.17, 15) is 0 Å². The van der Waals surface area contributed by atoms with Gasteiger partial charge in [0, 0.05) is 19.4 Å². The molecule has 0 radical (unpaired) electrons. The molecule has 5 nitrogen and oxygen atoms in total. The minimum absolute atomic E-state index is 0.0617. The summed E-state index contributed by atoms with van der Waals surface area (Å²) >= 11 is 0. The molecule has 1 rings (SSSR count). The first-order chi connectivity index (χ1) is 6.36. The SMILES string of the molecule is CCNCCc1nc(CCO)no1. The number of hydrogen-bond acceptors (Lipinski definition) is 5. The number of aliphatic hydroxyl groups is 1. The van der Waals surface area contributed by atoms with Crippen LogP contribution in [0.2, 0.25) is 0 Å². The Labute approximate surface area is 77.2 Å². The summed E-state index contributed by atoms with van der Waals surface area (Å²) in [4.78, 5) is 4.09. The van der Waals surface area contributed by atoms with Crippen LogP contribution < -0.4 is 5.32 Å². The van der Waals surface area contributed by atoms with E-state index in [1.165, 1.54) is 0 Å². The van der Waals surface area contributed by atoms with Crippen molar-refractivity contribution >= 4 is 0 Å². The molecule has 0 aliphatic carbocycles. The lowest BCUT2D eigenvalue weighted by Gasteiger charge is -1.94. The van der Waals surface area contributed by atoms with Gasteiger partial charge in [-0.1, -0.05) is 12.1 Å². The van der Waals surface area contributed by atoms with Crippen LogP contribution in [0.3, 0.4) is 0 Å². The van der Waals surface area contributed by atoms with Crippen LogP contribution in [0.1, 0.15) is 18.6 Å². The van der Waals surface area contributed by atoms with E-state index in [2.05, 4.69) is 15.5 Å². The Kier molecular flexibility index (Phi) is 4.42. The number of aromatic nitrogens is 2. The summed E-state index contributed by atoms with van der Waals surface area (Å²) in [5, 5.41) is 15.5. The van der Waals surface area contributed by atoms with Gasteiger partial charge in [-0.2, -0.15) is 4.98 Å². The van der Waals surface area contributed by atoms with E-state index < -0.39 is 0 Å². The zero-order chi connectivity index (χ0) is 9.52. The quantitative estimate of drug-likeness (QED) is 0.598. The van der Waals surface area contributed by atoms with Crippen molar-refractivity contribution in [1.29, 1.82) is 0 Å². The van der Waals surface area contributed by atoms with Crippen LogP contribution in [0.4, 0.5) is 0 Å². The highest BCUT2D eigenvalue weighted by Gasteiger charge is 2.04. The molecule has 1 heterocycles. The van der Waals surface area contributed by atoms with Gasteiger partial charge in [-0.15, -0.1) is 0 Å². The zero-order valence-electron chi connectivity index (χ0n) is 7.79. The van der Waals surface area contributed by atoms with Gasteiger partial charge in [0.05, 0.1) is 6.61 Å². The lowest BCUT2D eigenvalue weighted by molar-refractivity contribution is 0.292. The second-order valence-electron chi connectivity index (χ2n) is 2.68. The fourth-order valence-corrected chi connectivity index (χ4v) is 0.965. The van der Waals surface area contributed by atoms with E-state index in [1.807, 2.05) is 6.92 Å². The minimum atomic E-state index is 0.0617. The van der Waals surface area contributed by atoms with Crippen LogP contribution in [0.25, 0.3) is 0 Å².